The lowest BCUT2D eigenvalue weighted by molar-refractivity contribution is -0.130. The molecule has 2 amide bonds. The van der Waals surface area contributed by atoms with Crippen LogP contribution in [0.3, 0.4) is 0 Å². The van der Waals surface area contributed by atoms with E-state index >= 15 is 0 Å². The summed E-state index contributed by atoms with van der Waals surface area (Å²) in [7, 11) is 3.45. The van der Waals surface area contributed by atoms with Gasteiger partial charge in [-0.05, 0) is 30.7 Å². The molecule has 3 aromatic rings. The van der Waals surface area contributed by atoms with Crippen molar-refractivity contribution in [1.29, 1.82) is 0 Å². The fourth-order valence-electron chi connectivity index (χ4n) is 4.31. The van der Waals surface area contributed by atoms with Crippen molar-refractivity contribution in [2.24, 2.45) is 0 Å². The normalized spacial score (nSPS) is 16.0. The lowest BCUT2D eigenvalue weighted by atomic mass is 10.1. The SMILES string of the molecule is CCCCN(C)C(=O)Cn1c([C@@H]2CC(=O)N(c3ccccc3OC)C2)nc2ccccc21. The quantitative estimate of drug-likeness (QED) is 0.541. The van der Waals surface area contributed by atoms with Crippen molar-refractivity contribution >= 4 is 28.5 Å². The molecule has 0 aliphatic carbocycles. The first kappa shape index (κ1) is 21.9. The molecule has 7 heteroatoms. The Morgan fingerprint density at radius 1 is 1.19 bits per heavy atom. The van der Waals surface area contributed by atoms with Crippen molar-refractivity contribution in [2.75, 3.05) is 32.1 Å². The van der Waals surface area contributed by atoms with Crippen molar-refractivity contribution in [3.05, 3.63) is 54.4 Å². The largest absolute Gasteiger partial charge is 0.495 e. The number of aromatic nitrogens is 2. The molecule has 1 aliphatic rings. The zero-order valence-electron chi connectivity index (χ0n) is 19.0. The minimum Gasteiger partial charge on any atom is -0.495 e. The topological polar surface area (TPSA) is 67.7 Å². The summed E-state index contributed by atoms with van der Waals surface area (Å²) in [5.74, 6) is 1.43. The summed E-state index contributed by atoms with van der Waals surface area (Å²) in [6, 6.07) is 15.4. The van der Waals surface area contributed by atoms with Gasteiger partial charge in [0, 0.05) is 32.5 Å². The molecular formula is C25H30N4O3. The van der Waals surface area contributed by atoms with Crippen LogP contribution in [0.25, 0.3) is 11.0 Å². The van der Waals surface area contributed by atoms with Crippen LogP contribution in [0.2, 0.25) is 0 Å². The van der Waals surface area contributed by atoms with Gasteiger partial charge in [0.15, 0.2) is 0 Å². The van der Waals surface area contributed by atoms with Gasteiger partial charge in [-0.3, -0.25) is 9.59 Å². The van der Waals surface area contributed by atoms with Crippen LogP contribution in [-0.2, 0) is 16.1 Å². The van der Waals surface area contributed by atoms with E-state index in [-0.39, 0.29) is 24.3 Å². The average molecular weight is 435 g/mol. The van der Waals surface area contributed by atoms with Crippen LogP contribution in [0.15, 0.2) is 48.5 Å². The van der Waals surface area contributed by atoms with E-state index in [4.69, 9.17) is 9.72 Å². The van der Waals surface area contributed by atoms with E-state index in [1.54, 1.807) is 16.9 Å². The van der Waals surface area contributed by atoms with Crippen LogP contribution in [0, 0.1) is 0 Å². The number of hydrogen-bond acceptors (Lipinski definition) is 4. The third-order valence-corrected chi connectivity index (χ3v) is 6.12. The second-order valence-electron chi connectivity index (χ2n) is 8.29. The van der Waals surface area contributed by atoms with Gasteiger partial charge in [0.1, 0.15) is 18.1 Å². The van der Waals surface area contributed by atoms with Gasteiger partial charge in [0.05, 0.1) is 23.8 Å². The van der Waals surface area contributed by atoms with Gasteiger partial charge in [-0.15, -0.1) is 0 Å². The first-order valence-electron chi connectivity index (χ1n) is 11.2. The number of fused-ring (bicyclic) bond motifs is 1. The molecule has 0 spiro atoms. The molecule has 1 atom stereocenters. The number of para-hydroxylation sites is 4. The summed E-state index contributed by atoms with van der Waals surface area (Å²) in [4.78, 5) is 34.3. The Labute approximate surface area is 188 Å². The Morgan fingerprint density at radius 3 is 2.72 bits per heavy atom. The zero-order chi connectivity index (χ0) is 22.7. The Hall–Kier alpha value is -3.35. The van der Waals surface area contributed by atoms with Gasteiger partial charge in [-0.1, -0.05) is 37.6 Å². The third kappa shape index (κ3) is 4.20. The summed E-state index contributed by atoms with van der Waals surface area (Å²) < 4.78 is 7.45. The van der Waals surface area contributed by atoms with Gasteiger partial charge >= 0.3 is 0 Å². The number of methoxy groups -OCH3 is 1. The predicted molar refractivity (Wildman–Crippen MR) is 125 cm³/mol. The van der Waals surface area contributed by atoms with E-state index in [9.17, 15) is 9.59 Å². The molecule has 0 unspecified atom stereocenters. The number of carbonyl (C=O) groups excluding carboxylic acids is 2. The third-order valence-electron chi connectivity index (χ3n) is 6.12. The van der Waals surface area contributed by atoms with Gasteiger partial charge < -0.3 is 19.1 Å². The zero-order valence-corrected chi connectivity index (χ0v) is 19.0. The van der Waals surface area contributed by atoms with Crippen molar-refractivity contribution in [1.82, 2.24) is 14.5 Å². The van der Waals surface area contributed by atoms with E-state index in [0.29, 0.717) is 18.7 Å². The summed E-state index contributed by atoms with van der Waals surface area (Å²) in [5, 5.41) is 0. The van der Waals surface area contributed by atoms with Gasteiger partial charge in [-0.2, -0.15) is 0 Å². The Bertz CT molecular complexity index is 1120. The van der Waals surface area contributed by atoms with Crippen LogP contribution >= 0.6 is 0 Å². The number of anilines is 1. The molecule has 1 saturated heterocycles. The fourth-order valence-corrected chi connectivity index (χ4v) is 4.31. The predicted octanol–water partition coefficient (Wildman–Crippen LogP) is 3.82. The first-order valence-corrected chi connectivity index (χ1v) is 11.2. The van der Waals surface area contributed by atoms with Crippen molar-refractivity contribution < 1.29 is 14.3 Å². The highest BCUT2D eigenvalue weighted by atomic mass is 16.5. The molecule has 0 saturated carbocycles. The highest BCUT2D eigenvalue weighted by molar-refractivity contribution is 5.98. The first-order chi connectivity index (χ1) is 15.5. The number of nitrogens with zero attached hydrogens (tertiary/aromatic N) is 4. The number of unbranched alkanes of at least 4 members (excludes halogenated alkanes) is 1. The molecular weight excluding hydrogens is 404 g/mol. The maximum Gasteiger partial charge on any atom is 0.242 e. The molecule has 1 fully saturated rings. The number of carbonyl (C=O) groups is 2. The van der Waals surface area contributed by atoms with Crippen LogP contribution in [0.5, 0.6) is 5.75 Å². The van der Waals surface area contributed by atoms with Crippen molar-refractivity contribution in [3.63, 3.8) is 0 Å². The summed E-state index contributed by atoms with van der Waals surface area (Å²) in [6.45, 7) is 3.57. The van der Waals surface area contributed by atoms with Crippen LogP contribution in [-0.4, -0.2) is 53.5 Å². The molecule has 1 aromatic heterocycles. The number of benzene rings is 2. The molecule has 32 heavy (non-hydrogen) atoms. The smallest absolute Gasteiger partial charge is 0.242 e. The Kier molecular flexibility index (Phi) is 6.44. The van der Waals surface area contributed by atoms with E-state index < -0.39 is 0 Å². The number of amides is 2. The average Bonchev–Trinajstić information content (AvgIpc) is 3.37. The second-order valence-corrected chi connectivity index (χ2v) is 8.29. The summed E-state index contributed by atoms with van der Waals surface area (Å²) in [5.41, 5.74) is 2.53. The minimum absolute atomic E-state index is 0.0319. The van der Waals surface area contributed by atoms with Crippen molar-refractivity contribution in [3.8, 4) is 5.75 Å². The Balaban J connectivity index is 1.65. The highest BCUT2D eigenvalue weighted by Crippen LogP contribution is 2.37. The van der Waals surface area contributed by atoms with Gasteiger partial charge in [0.2, 0.25) is 11.8 Å². The number of hydrogen-bond donors (Lipinski definition) is 0. The molecule has 2 aromatic carbocycles. The maximum atomic E-state index is 13.0. The van der Waals surface area contributed by atoms with Gasteiger partial charge in [-0.25, -0.2) is 4.98 Å². The fraction of sp³-hybridized carbons (Fsp3) is 0.400. The van der Waals surface area contributed by atoms with E-state index in [1.165, 1.54) is 0 Å². The highest BCUT2D eigenvalue weighted by Gasteiger charge is 2.36. The standard InChI is InChI=1S/C25H30N4O3/c1-4-5-14-27(2)24(31)17-29-20-11-7-6-10-19(20)26-25(29)18-15-23(30)28(16-18)21-12-8-9-13-22(21)32-3/h6-13,18H,4-5,14-17H2,1-3H3/t18-/m1/s1. The number of rotatable bonds is 8. The van der Waals surface area contributed by atoms with Crippen LogP contribution in [0.1, 0.15) is 37.9 Å². The van der Waals surface area contributed by atoms with E-state index in [0.717, 1.165) is 41.9 Å². The molecule has 0 bridgehead atoms. The lowest BCUT2D eigenvalue weighted by Gasteiger charge is -2.21. The lowest BCUT2D eigenvalue weighted by Crippen LogP contribution is -2.32. The van der Waals surface area contributed by atoms with Crippen LogP contribution in [0.4, 0.5) is 5.69 Å². The number of imidazole rings is 1. The number of ether oxygens (including phenoxy) is 1. The maximum absolute atomic E-state index is 13.0. The van der Waals surface area contributed by atoms with Gasteiger partial charge in [0.25, 0.3) is 0 Å². The number of likely N-dealkylation sites (N-methyl/N-ethyl adjacent to an activating group) is 1. The summed E-state index contributed by atoms with van der Waals surface area (Å²) >= 11 is 0. The van der Waals surface area contributed by atoms with E-state index in [1.807, 2.05) is 60.1 Å². The van der Waals surface area contributed by atoms with Crippen LogP contribution < -0.4 is 9.64 Å². The van der Waals surface area contributed by atoms with E-state index in [2.05, 4.69) is 6.92 Å². The molecule has 4 rings (SSSR count). The van der Waals surface area contributed by atoms with Crippen molar-refractivity contribution in [2.45, 2.75) is 38.6 Å². The minimum atomic E-state index is -0.103. The second kappa shape index (κ2) is 9.42. The summed E-state index contributed by atoms with van der Waals surface area (Å²) in [6.07, 6.45) is 2.37. The molecule has 0 radical (unpaired) electrons. The molecule has 7 nitrogen and oxygen atoms in total. The Morgan fingerprint density at radius 2 is 1.94 bits per heavy atom. The molecule has 0 N–H and O–H groups in total. The molecule has 2 heterocycles. The monoisotopic (exact) mass is 434 g/mol. The molecule has 168 valence electrons. The molecule has 1 aliphatic heterocycles.